The summed E-state index contributed by atoms with van der Waals surface area (Å²) in [5.74, 6) is 1.90. The maximum Gasteiger partial charge on any atom is 0.250 e. The molecule has 8 nitrogen and oxygen atoms in total. The van der Waals surface area contributed by atoms with E-state index in [0.717, 1.165) is 21.4 Å². The Morgan fingerprint density at radius 2 is 2.06 bits per heavy atom. The van der Waals surface area contributed by atoms with Crippen molar-refractivity contribution in [2.45, 2.75) is 25.1 Å². The van der Waals surface area contributed by atoms with Crippen molar-refractivity contribution >= 4 is 39.8 Å². The monoisotopic (exact) mass is 517 g/mol. The quantitative estimate of drug-likeness (QED) is 0.258. The number of thioether (sulfide) groups is 1. The summed E-state index contributed by atoms with van der Waals surface area (Å²) in [6, 6.07) is 13.3. The Bertz CT molecular complexity index is 1120. The van der Waals surface area contributed by atoms with Gasteiger partial charge in [-0.2, -0.15) is 5.10 Å². The second kappa shape index (κ2) is 11.1. The van der Waals surface area contributed by atoms with Gasteiger partial charge in [-0.3, -0.25) is 4.79 Å². The number of carbonyl (C=O) groups excluding carboxylic acids is 1. The molecule has 0 atom stereocenters. The Morgan fingerprint density at radius 1 is 1.25 bits per heavy atom. The lowest BCUT2D eigenvalue weighted by atomic mass is 10.2. The SMILES string of the molecule is COc1cc(/C=N\NC(=O)CSc2nnc(-c3cccc(Br)c3)n2C)ccc1OC(C)C. The van der Waals surface area contributed by atoms with Crippen LogP contribution in [0, 0.1) is 0 Å². The Balaban J connectivity index is 1.55. The van der Waals surface area contributed by atoms with Crippen molar-refractivity contribution in [1.29, 1.82) is 0 Å². The molecule has 0 unspecified atom stereocenters. The highest BCUT2D eigenvalue weighted by Crippen LogP contribution is 2.28. The minimum atomic E-state index is -0.245. The lowest BCUT2D eigenvalue weighted by molar-refractivity contribution is -0.118. The van der Waals surface area contributed by atoms with E-state index in [4.69, 9.17) is 9.47 Å². The highest BCUT2D eigenvalue weighted by molar-refractivity contribution is 9.10. The number of hydrogen-bond acceptors (Lipinski definition) is 7. The first-order chi connectivity index (χ1) is 15.4. The molecule has 0 saturated heterocycles. The number of ether oxygens (including phenoxy) is 2. The number of nitrogens with zero attached hydrogens (tertiary/aromatic N) is 4. The maximum absolute atomic E-state index is 12.2. The van der Waals surface area contributed by atoms with E-state index in [-0.39, 0.29) is 17.8 Å². The molecule has 2 aromatic carbocycles. The van der Waals surface area contributed by atoms with Gasteiger partial charge in [0.05, 0.1) is 25.2 Å². The van der Waals surface area contributed by atoms with Gasteiger partial charge in [-0.1, -0.05) is 39.8 Å². The first-order valence-corrected chi connectivity index (χ1v) is 11.6. The van der Waals surface area contributed by atoms with E-state index in [0.29, 0.717) is 16.7 Å². The lowest BCUT2D eigenvalue weighted by Gasteiger charge is -2.13. The molecular formula is C22H24BrN5O3S. The predicted octanol–water partition coefficient (Wildman–Crippen LogP) is 4.28. The fraction of sp³-hybridized carbons (Fsp3) is 0.273. The van der Waals surface area contributed by atoms with Gasteiger partial charge in [0.1, 0.15) is 0 Å². The third kappa shape index (κ3) is 6.33. The number of hydrazone groups is 1. The zero-order valence-electron chi connectivity index (χ0n) is 18.2. The molecule has 1 amide bonds. The van der Waals surface area contributed by atoms with Crippen LogP contribution in [0.4, 0.5) is 0 Å². The van der Waals surface area contributed by atoms with Gasteiger partial charge in [-0.15, -0.1) is 10.2 Å². The van der Waals surface area contributed by atoms with Crippen molar-refractivity contribution in [1.82, 2.24) is 20.2 Å². The number of hydrogen-bond donors (Lipinski definition) is 1. The van der Waals surface area contributed by atoms with E-state index in [9.17, 15) is 4.79 Å². The summed E-state index contributed by atoms with van der Waals surface area (Å²) >= 11 is 4.75. The van der Waals surface area contributed by atoms with Gasteiger partial charge in [0.15, 0.2) is 22.5 Å². The number of rotatable bonds is 9. The second-order valence-electron chi connectivity index (χ2n) is 7.03. The molecule has 0 fully saturated rings. The topological polar surface area (TPSA) is 90.6 Å². The van der Waals surface area contributed by atoms with Crippen molar-refractivity contribution < 1.29 is 14.3 Å². The summed E-state index contributed by atoms with van der Waals surface area (Å²) < 4.78 is 13.9. The second-order valence-corrected chi connectivity index (χ2v) is 8.89. The average Bonchev–Trinajstić information content (AvgIpc) is 3.13. The number of amides is 1. The Kier molecular flexibility index (Phi) is 8.29. The summed E-state index contributed by atoms with van der Waals surface area (Å²) in [6.07, 6.45) is 1.59. The van der Waals surface area contributed by atoms with Crippen molar-refractivity contribution in [2.75, 3.05) is 12.9 Å². The number of carbonyl (C=O) groups is 1. The molecule has 0 aliphatic rings. The number of methoxy groups -OCH3 is 1. The smallest absolute Gasteiger partial charge is 0.250 e. The van der Waals surface area contributed by atoms with E-state index in [1.54, 1.807) is 19.4 Å². The number of nitrogens with one attached hydrogen (secondary N) is 1. The van der Waals surface area contributed by atoms with Crippen LogP contribution in [0.2, 0.25) is 0 Å². The van der Waals surface area contributed by atoms with Crippen LogP contribution in [0.3, 0.4) is 0 Å². The zero-order valence-corrected chi connectivity index (χ0v) is 20.6. The minimum Gasteiger partial charge on any atom is -0.493 e. The predicted molar refractivity (Wildman–Crippen MR) is 129 cm³/mol. The maximum atomic E-state index is 12.2. The molecule has 1 aromatic heterocycles. The number of benzene rings is 2. The third-order valence-electron chi connectivity index (χ3n) is 4.20. The van der Waals surface area contributed by atoms with E-state index < -0.39 is 0 Å². The Morgan fingerprint density at radius 3 is 2.78 bits per heavy atom. The zero-order chi connectivity index (χ0) is 23.1. The Labute approximate surface area is 199 Å². The van der Waals surface area contributed by atoms with E-state index in [1.165, 1.54) is 11.8 Å². The minimum absolute atomic E-state index is 0.0415. The van der Waals surface area contributed by atoms with Crippen LogP contribution in [-0.2, 0) is 11.8 Å². The molecule has 3 aromatic rings. The molecule has 1 N–H and O–H groups in total. The molecule has 0 spiro atoms. The largest absolute Gasteiger partial charge is 0.493 e. The van der Waals surface area contributed by atoms with Crippen molar-refractivity contribution in [2.24, 2.45) is 12.1 Å². The molecule has 0 radical (unpaired) electrons. The first kappa shape index (κ1) is 23.8. The summed E-state index contributed by atoms with van der Waals surface area (Å²) in [7, 11) is 3.45. The van der Waals surface area contributed by atoms with Crippen LogP contribution >= 0.6 is 27.7 Å². The standard InChI is InChI=1S/C22H24BrN5O3S/c1-14(2)31-18-9-8-15(10-19(18)30-4)12-24-25-20(29)13-32-22-27-26-21(28(22)3)16-6-5-7-17(23)11-16/h5-12,14H,13H2,1-4H3,(H,25,29)/b24-12-. The molecule has 3 rings (SSSR count). The van der Waals surface area contributed by atoms with Crippen molar-refractivity contribution in [3.05, 3.63) is 52.5 Å². The molecule has 10 heteroatoms. The van der Waals surface area contributed by atoms with Gasteiger partial charge < -0.3 is 14.0 Å². The van der Waals surface area contributed by atoms with Gasteiger partial charge in [-0.05, 0) is 49.7 Å². The third-order valence-corrected chi connectivity index (χ3v) is 5.72. The molecule has 0 aliphatic heterocycles. The highest BCUT2D eigenvalue weighted by atomic mass is 79.9. The van der Waals surface area contributed by atoms with E-state index in [1.807, 2.05) is 61.9 Å². The summed E-state index contributed by atoms with van der Waals surface area (Å²) in [5.41, 5.74) is 4.24. The highest BCUT2D eigenvalue weighted by Gasteiger charge is 2.13. The molecule has 32 heavy (non-hydrogen) atoms. The van der Waals surface area contributed by atoms with Gasteiger partial charge in [-0.25, -0.2) is 5.43 Å². The van der Waals surface area contributed by atoms with Gasteiger partial charge in [0, 0.05) is 17.1 Å². The van der Waals surface area contributed by atoms with Crippen LogP contribution in [0.25, 0.3) is 11.4 Å². The summed E-state index contributed by atoms with van der Waals surface area (Å²) in [4.78, 5) is 12.2. The Hall–Kier alpha value is -2.85. The van der Waals surface area contributed by atoms with Crippen LogP contribution < -0.4 is 14.9 Å². The van der Waals surface area contributed by atoms with Crippen LogP contribution in [0.5, 0.6) is 11.5 Å². The van der Waals surface area contributed by atoms with E-state index >= 15 is 0 Å². The fourth-order valence-electron chi connectivity index (χ4n) is 2.78. The molecule has 0 saturated carbocycles. The van der Waals surface area contributed by atoms with Crippen molar-refractivity contribution in [3.63, 3.8) is 0 Å². The molecule has 168 valence electrons. The lowest BCUT2D eigenvalue weighted by Crippen LogP contribution is -2.19. The summed E-state index contributed by atoms with van der Waals surface area (Å²) in [6.45, 7) is 3.90. The van der Waals surface area contributed by atoms with Crippen LogP contribution in [-0.4, -0.2) is 45.9 Å². The van der Waals surface area contributed by atoms with Gasteiger partial charge >= 0.3 is 0 Å². The molecule has 0 aliphatic carbocycles. The number of aromatic nitrogens is 3. The van der Waals surface area contributed by atoms with Crippen molar-refractivity contribution in [3.8, 4) is 22.9 Å². The molecule has 0 bridgehead atoms. The van der Waals surface area contributed by atoms with Gasteiger partial charge in [0.25, 0.3) is 5.91 Å². The molecular weight excluding hydrogens is 494 g/mol. The number of halogens is 1. The van der Waals surface area contributed by atoms with Crippen LogP contribution in [0.15, 0.2) is 57.2 Å². The molecule has 1 heterocycles. The van der Waals surface area contributed by atoms with E-state index in [2.05, 4.69) is 36.7 Å². The first-order valence-electron chi connectivity index (χ1n) is 9.82. The summed E-state index contributed by atoms with van der Waals surface area (Å²) in [5, 5.41) is 13.1. The fourth-order valence-corrected chi connectivity index (χ4v) is 3.88. The normalized spacial score (nSPS) is 11.2. The van der Waals surface area contributed by atoms with Gasteiger partial charge in [0.2, 0.25) is 0 Å². The van der Waals surface area contributed by atoms with Crippen LogP contribution in [0.1, 0.15) is 19.4 Å². The average molecular weight is 518 g/mol.